The third-order valence-electron chi connectivity index (χ3n) is 7.09. The second-order valence-electron chi connectivity index (χ2n) is 9.60. The monoisotopic (exact) mass is 585 g/mol. The van der Waals surface area contributed by atoms with Crippen molar-refractivity contribution in [3.05, 3.63) is 108 Å². The molecule has 8 nitrogen and oxygen atoms in total. The minimum Gasteiger partial charge on any atom is -0.404 e. The maximum atomic E-state index is 14.1. The molecule has 1 atom stereocenters. The van der Waals surface area contributed by atoms with E-state index in [9.17, 15) is 30.8 Å². The van der Waals surface area contributed by atoms with Crippen LogP contribution in [0, 0.1) is 11.2 Å². The Bertz CT molecular complexity index is 1690. The molecule has 0 radical (unpaired) electrons. The van der Waals surface area contributed by atoms with Crippen LogP contribution in [0.1, 0.15) is 29.0 Å². The summed E-state index contributed by atoms with van der Waals surface area (Å²) in [6, 6.07) is 11.7. The van der Waals surface area contributed by atoms with Gasteiger partial charge in [0.15, 0.2) is 5.78 Å². The first-order chi connectivity index (χ1) is 19.4. The molecule has 1 aliphatic carbocycles. The van der Waals surface area contributed by atoms with Gasteiger partial charge in [-0.2, -0.15) is 17.5 Å². The maximum Gasteiger partial charge on any atom is 0.433 e. The fraction of sp³-hybridized carbons (Fsp3) is 0.214. The largest absolute Gasteiger partial charge is 0.433 e. The number of hydrogen-bond acceptors (Lipinski definition) is 7. The first-order valence-electron chi connectivity index (χ1n) is 12.4. The molecule has 13 heteroatoms. The summed E-state index contributed by atoms with van der Waals surface area (Å²) in [5.41, 5.74) is 5.14. The molecule has 1 aliphatic heterocycles. The highest BCUT2D eigenvalue weighted by molar-refractivity contribution is 7.89. The van der Waals surface area contributed by atoms with Crippen LogP contribution in [0.3, 0.4) is 0 Å². The Balaban J connectivity index is 1.60. The van der Waals surface area contributed by atoms with Crippen LogP contribution in [0.25, 0.3) is 0 Å². The molecular weight excluding hydrogens is 562 g/mol. The van der Waals surface area contributed by atoms with Crippen LogP contribution in [-0.4, -0.2) is 47.3 Å². The van der Waals surface area contributed by atoms with Crippen molar-refractivity contribution in [3.8, 4) is 0 Å². The van der Waals surface area contributed by atoms with Gasteiger partial charge in [-0.1, -0.05) is 11.6 Å². The molecule has 5 rings (SSSR count). The van der Waals surface area contributed by atoms with Gasteiger partial charge in [0, 0.05) is 25.5 Å². The molecule has 1 fully saturated rings. The molecule has 212 valence electrons. The number of carbonyl (C=O) groups is 1. The van der Waals surface area contributed by atoms with Crippen molar-refractivity contribution >= 4 is 27.2 Å². The lowest BCUT2D eigenvalue weighted by Gasteiger charge is -2.45. The van der Waals surface area contributed by atoms with E-state index in [1.165, 1.54) is 42.7 Å². The molecule has 0 unspecified atom stereocenters. The zero-order chi connectivity index (χ0) is 29.4. The summed E-state index contributed by atoms with van der Waals surface area (Å²) in [6.45, 7) is -0.456. The van der Waals surface area contributed by atoms with Crippen LogP contribution in [-0.2, 0) is 16.2 Å². The summed E-state index contributed by atoms with van der Waals surface area (Å²) in [5.74, 6) is -0.897. The zero-order valence-corrected chi connectivity index (χ0v) is 22.2. The molecule has 1 saturated heterocycles. The predicted molar refractivity (Wildman–Crippen MR) is 142 cm³/mol. The van der Waals surface area contributed by atoms with E-state index >= 15 is 0 Å². The Labute approximate surface area is 233 Å². The van der Waals surface area contributed by atoms with Gasteiger partial charge in [0.1, 0.15) is 17.2 Å². The van der Waals surface area contributed by atoms with Gasteiger partial charge in [-0.15, -0.1) is 0 Å². The number of sulfonamides is 1. The van der Waals surface area contributed by atoms with Crippen LogP contribution >= 0.6 is 0 Å². The van der Waals surface area contributed by atoms with Crippen molar-refractivity contribution < 1.29 is 30.8 Å². The number of halogens is 4. The summed E-state index contributed by atoms with van der Waals surface area (Å²) in [5, 5.41) is 0. The van der Waals surface area contributed by atoms with Crippen LogP contribution in [0.15, 0.2) is 100 Å². The molecule has 2 N–H and O–H groups in total. The highest BCUT2D eigenvalue weighted by Gasteiger charge is 2.51. The summed E-state index contributed by atoms with van der Waals surface area (Å²) < 4.78 is 81.5. The van der Waals surface area contributed by atoms with Gasteiger partial charge in [0.25, 0.3) is 0 Å². The number of benzene rings is 1. The smallest absolute Gasteiger partial charge is 0.404 e. The Morgan fingerprint density at radius 2 is 1.83 bits per heavy atom. The van der Waals surface area contributed by atoms with Crippen LogP contribution < -0.4 is 5.73 Å². The molecule has 3 aromatic rings. The van der Waals surface area contributed by atoms with Crippen molar-refractivity contribution in [2.75, 3.05) is 13.1 Å². The Hall–Kier alpha value is -4.23. The number of rotatable bonds is 5. The number of hydrogen-bond donors (Lipinski definition) is 1. The first-order valence-corrected chi connectivity index (χ1v) is 13.8. The SMILES string of the molecule is N/C=C1/C[C@]2(C(=O)c3ccccn3)CN(S(=O)(=O)c3ccnc(C(F)(F)F)c3)CCC2=CC1=Nc1ccc(F)cc1. The Kier molecular flexibility index (Phi) is 7.34. The molecule has 0 bridgehead atoms. The van der Waals surface area contributed by atoms with Crippen LogP contribution in [0.2, 0.25) is 0 Å². The zero-order valence-electron chi connectivity index (χ0n) is 21.3. The minimum absolute atomic E-state index is 0.0407. The van der Waals surface area contributed by atoms with E-state index in [-0.39, 0.29) is 31.6 Å². The average molecular weight is 586 g/mol. The van der Waals surface area contributed by atoms with Crippen molar-refractivity contribution in [2.45, 2.75) is 23.9 Å². The molecule has 1 aromatic carbocycles. The van der Waals surface area contributed by atoms with E-state index in [0.717, 1.165) is 16.6 Å². The second kappa shape index (κ2) is 10.6. The van der Waals surface area contributed by atoms with Crippen LogP contribution in [0.5, 0.6) is 0 Å². The summed E-state index contributed by atoms with van der Waals surface area (Å²) >= 11 is 0. The van der Waals surface area contributed by atoms with Crippen molar-refractivity contribution in [1.29, 1.82) is 0 Å². The number of Topliss-reactive ketones (excluding diaryl/α,β-unsaturated/α-hetero) is 1. The number of aliphatic imine (C=N–C) groups is 1. The number of allylic oxidation sites excluding steroid dienone is 2. The second-order valence-corrected chi connectivity index (χ2v) is 11.5. The van der Waals surface area contributed by atoms with Gasteiger partial charge in [-0.25, -0.2) is 17.8 Å². The summed E-state index contributed by atoms with van der Waals surface area (Å²) in [6.07, 6.45) is 0.373. The topological polar surface area (TPSA) is 119 Å². The van der Waals surface area contributed by atoms with Gasteiger partial charge in [0.2, 0.25) is 10.0 Å². The Morgan fingerprint density at radius 1 is 1.07 bits per heavy atom. The molecule has 41 heavy (non-hydrogen) atoms. The van der Waals surface area contributed by atoms with E-state index in [1.807, 2.05) is 0 Å². The fourth-order valence-corrected chi connectivity index (χ4v) is 6.56. The van der Waals surface area contributed by atoms with Crippen molar-refractivity contribution in [1.82, 2.24) is 14.3 Å². The molecule has 0 amide bonds. The number of piperidine rings is 1. The maximum absolute atomic E-state index is 14.1. The number of ketones is 1. The third-order valence-corrected chi connectivity index (χ3v) is 8.93. The minimum atomic E-state index is -4.84. The normalized spacial score (nSPS) is 21.9. The molecule has 2 aromatic heterocycles. The lowest BCUT2D eigenvalue weighted by atomic mass is 9.64. The van der Waals surface area contributed by atoms with Gasteiger partial charge in [-0.05, 0) is 79.2 Å². The third kappa shape index (κ3) is 5.42. The Morgan fingerprint density at radius 3 is 2.49 bits per heavy atom. The van der Waals surface area contributed by atoms with Crippen molar-refractivity contribution in [2.24, 2.45) is 16.1 Å². The fourth-order valence-electron chi connectivity index (χ4n) is 5.04. The lowest BCUT2D eigenvalue weighted by molar-refractivity contribution is -0.141. The number of nitrogens with two attached hydrogens (primary N) is 1. The number of carbonyl (C=O) groups excluding carboxylic acids is 1. The van der Waals surface area contributed by atoms with Gasteiger partial charge in [-0.3, -0.25) is 14.8 Å². The molecule has 0 spiro atoms. The molecular formula is C28H23F4N5O3S. The predicted octanol–water partition coefficient (Wildman–Crippen LogP) is 4.84. The number of nitrogens with zero attached hydrogens (tertiary/aromatic N) is 4. The molecule has 0 saturated carbocycles. The highest BCUT2D eigenvalue weighted by Crippen LogP contribution is 2.47. The number of alkyl halides is 3. The first kappa shape index (κ1) is 28.3. The van der Waals surface area contributed by atoms with Gasteiger partial charge in [0.05, 0.1) is 21.7 Å². The number of fused-ring (bicyclic) bond motifs is 1. The van der Waals surface area contributed by atoms with Gasteiger partial charge < -0.3 is 5.73 Å². The summed E-state index contributed by atoms with van der Waals surface area (Å²) in [4.78, 5) is 25.5. The van der Waals surface area contributed by atoms with Crippen molar-refractivity contribution in [3.63, 3.8) is 0 Å². The van der Waals surface area contributed by atoms with E-state index in [1.54, 1.807) is 18.2 Å². The average Bonchev–Trinajstić information content (AvgIpc) is 2.97. The standard InChI is InChI=1S/C28H23F4N5O3S/c29-20-4-6-21(7-5-20)36-24-13-19-9-12-37(41(39,40)22-8-11-35-25(14-22)28(30,31)32)17-27(19,15-18(24)16-33)26(38)23-3-1-2-10-34-23/h1-8,10-11,13-14,16H,9,12,15,17,33H2/b18-16-,36-24?/t27-/m0/s1. The van der Waals surface area contributed by atoms with Crippen LogP contribution in [0.4, 0.5) is 23.2 Å². The van der Waals surface area contributed by atoms with E-state index < -0.39 is 43.8 Å². The van der Waals surface area contributed by atoms with E-state index in [4.69, 9.17) is 5.73 Å². The quantitative estimate of drug-likeness (QED) is 0.338. The van der Waals surface area contributed by atoms with Gasteiger partial charge >= 0.3 is 6.18 Å². The number of pyridine rings is 2. The molecule has 3 heterocycles. The summed E-state index contributed by atoms with van der Waals surface area (Å²) in [7, 11) is -4.46. The van der Waals surface area contributed by atoms with E-state index in [0.29, 0.717) is 28.6 Å². The molecule has 2 aliphatic rings. The van der Waals surface area contributed by atoms with E-state index in [2.05, 4.69) is 15.0 Å². The number of aromatic nitrogens is 2. The lowest BCUT2D eigenvalue weighted by Crippen LogP contribution is -2.53. The highest BCUT2D eigenvalue weighted by atomic mass is 32.2.